The number of carbonyl (C=O) groups excluding carboxylic acids is 1. The molecule has 124 valence electrons. The van der Waals surface area contributed by atoms with E-state index in [1.165, 1.54) is 0 Å². The smallest absolute Gasteiger partial charge is 0.256 e. The minimum Gasteiger partial charge on any atom is -0.488 e. The number of aryl methyl sites for hydroxylation is 2. The molecule has 0 saturated heterocycles. The summed E-state index contributed by atoms with van der Waals surface area (Å²) in [7, 11) is 1.87. The topological polar surface area (TPSA) is 56.1 Å². The van der Waals surface area contributed by atoms with E-state index in [2.05, 4.69) is 17.3 Å². The first-order chi connectivity index (χ1) is 11.7. The molecule has 2 aromatic heterocycles. The number of aromatic nitrogens is 2. The molecule has 0 aliphatic rings. The molecule has 0 aliphatic heterocycles. The molecule has 0 bridgehead atoms. The number of rotatable bonds is 6. The van der Waals surface area contributed by atoms with Gasteiger partial charge >= 0.3 is 0 Å². The van der Waals surface area contributed by atoms with Crippen LogP contribution in [0.4, 0.5) is 5.82 Å². The lowest BCUT2D eigenvalue weighted by Gasteiger charge is -2.07. The molecule has 1 amide bonds. The van der Waals surface area contributed by atoms with Crippen molar-refractivity contribution in [2.45, 2.75) is 20.0 Å². The molecule has 0 unspecified atom stereocenters. The molecular weight excluding hydrogens is 322 g/mol. The van der Waals surface area contributed by atoms with Crippen molar-refractivity contribution in [2.75, 3.05) is 5.32 Å². The first-order valence-corrected chi connectivity index (χ1v) is 8.63. The van der Waals surface area contributed by atoms with Crippen LogP contribution in [0.15, 0.2) is 47.8 Å². The van der Waals surface area contributed by atoms with Crippen LogP contribution in [-0.4, -0.2) is 15.7 Å². The molecule has 1 N–H and O–H groups in total. The molecule has 0 fully saturated rings. The second-order valence-corrected chi connectivity index (χ2v) is 6.38. The summed E-state index contributed by atoms with van der Waals surface area (Å²) >= 11 is 1.65. The standard InChI is InChI=1S/C18H19N3O2S/c1-3-14-11-17(20-21(14)2)19-18(22)13-6-4-7-15(10-13)23-12-16-8-5-9-24-16/h4-11H,3,12H2,1-2H3,(H,19,20,22). The van der Waals surface area contributed by atoms with Crippen molar-refractivity contribution >= 4 is 23.1 Å². The van der Waals surface area contributed by atoms with E-state index in [1.54, 1.807) is 28.2 Å². The Morgan fingerprint density at radius 3 is 2.88 bits per heavy atom. The Morgan fingerprint density at radius 1 is 1.29 bits per heavy atom. The van der Waals surface area contributed by atoms with Gasteiger partial charge in [-0.2, -0.15) is 5.10 Å². The SMILES string of the molecule is CCc1cc(NC(=O)c2cccc(OCc3cccs3)c2)nn1C. The van der Waals surface area contributed by atoms with Crippen molar-refractivity contribution in [1.82, 2.24) is 9.78 Å². The molecule has 0 aliphatic carbocycles. The highest BCUT2D eigenvalue weighted by atomic mass is 32.1. The number of thiophene rings is 1. The summed E-state index contributed by atoms with van der Waals surface area (Å²) < 4.78 is 7.52. The van der Waals surface area contributed by atoms with Crippen LogP contribution in [0.5, 0.6) is 5.75 Å². The normalized spacial score (nSPS) is 10.6. The van der Waals surface area contributed by atoms with Crippen molar-refractivity contribution in [1.29, 1.82) is 0 Å². The minimum atomic E-state index is -0.197. The fourth-order valence-corrected chi connectivity index (χ4v) is 2.98. The highest BCUT2D eigenvalue weighted by Crippen LogP contribution is 2.18. The van der Waals surface area contributed by atoms with Gasteiger partial charge in [0, 0.05) is 29.2 Å². The Hall–Kier alpha value is -2.60. The maximum atomic E-state index is 12.4. The van der Waals surface area contributed by atoms with Gasteiger partial charge in [0.1, 0.15) is 12.4 Å². The average Bonchev–Trinajstić information content (AvgIpc) is 3.22. The van der Waals surface area contributed by atoms with Crippen LogP contribution in [0, 0.1) is 0 Å². The molecule has 24 heavy (non-hydrogen) atoms. The second-order valence-electron chi connectivity index (χ2n) is 5.35. The average molecular weight is 341 g/mol. The van der Waals surface area contributed by atoms with E-state index in [0.29, 0.717) is 23.7 Å². The summed E-state index contributed by atoms with van der Waals surface area (Å²) in [6.07, 6.45) is 0.866. The Labute approximate surface area is 144 Å². The van der Waals surface area contributed by atoms with Crippen molar-refractivity contribution in [3.05, 3.63) is 64.0 Å². The van der Waals surface area contributed by atoms with Crippen LogP contribution in [-0.2, 0) is 20.1 Å². The van der Waals surface area contributed by atoms with Gasteiger partial charge in [0.25, 0.3) is 5.91 Å². The summed E-state index contributed by atoms with van der Waals surface area (Å²) in [6, 6.07) is 13.1. The van der Waals surface area contributed by atoms with Crippen LogP contribution in [0.3, 0.4) is 0 Å². The van der Waals surface area contributed by atoms with Gasteiger partial charge in [0.2, 0.25) is 0 Å². The van der Waals surface area contributed by atoms with Crippen molar-refractivity contribution in [2.24, 2.45) is 7.05 Å². The predicted molar refractivity (Wildman–Crippen MR) is 95.6 cm³/mol. The van der Waals surface area contributed by atoms with Gasteiger partial charge < -0.3 is 10.1 Å². The Balaban J connectivity index is 1.67. The molecular formula is C18H19N3O2S. The maximum Gasteiger partial charge on any atom is 0.256 e. The number of benzene rings is 1. The van der Waals surface area contributed by atoms with Gasteiger partial charge in [0.15, 0.2) is 5.82 Å². The minimum absolute atomic E-state index is 0.197. The van der Waals surface area contributed by atoms with Gasteiger partial charge in [-0.05, 0) is 36.1 Å². The maximum absolute atomic E-state index is 12.4. The highest BCUT2D eigenvalue weighted by Gasteiger charge is 2.10. The Kier molecular flexibility index (Phi) is 4.96. The van der Waals surface area contributed by atoms with E-state index in [1.807, 2.05) is 42.8 Å². The van der Waals surface area contributed by atoms with Crippen molar-refractivity contribution in [3.8, 4) is 5.75 Å². The van der Waals surface area contributed by atoms with Gasteiger partial charge in [-0.1, -0.05) is 19.1 Å². The van der Waals surface area contributed by atoms with Crippen molar-refractivity contribution < 1.29 is 9.53 Å². The number of hydrogen-bond donors (Lipinski definition) is 1. The molecule has 0 radical (unpaired) electrons. The van der Waals surface area contributed by atoms with E-state index in [0.717, 1.165) is 17.0 Å². The number of amides is 1. The van der Waals surface area contributed by atoms with E-state index in [-0.39, 0.29) is 5.91 Å². The van der Waals surface area contributed by atoms with Crippen LogP contribution >= 0.6 is 11.3 Å². The third-order valence-electron chi connectivity index (χ3n) is 3.64. The first-order valence-electron chi connectivity index (χ1n) is 7.75. The molecule has 3 aromatic rings. The lowest BCUT2D eigenvalue weighted by Crippen LogP contribution is -2.12. The van der Waals surface area contributed by atoms with Crippen LogP contribution in [0.25, 0.3) is 0 Å². The third kappa shape index (κ3) is 3.83. The fraction of sp³-hybridized carbons (Fsp3) is 0.222. The number of anilines is 1. The Bertz CT molecular complexity index is 825. The van der Waals surface area contributed by atoms with E-state index < -0.39 is 0 Å². The quantitative estimate of drug-likeness (QED) is 0.740. The number of nitrogens with zero attached hydrogens (tertiary/aromatic N) is 2. The largest absolute Gasteiger partial charge is 0.488 e. The van der Waals surface area contributed by atoms with E-state index >= 15 is 0 Å². The number of carbonyl (C=O) groups is 1. The number of hydrogen-bond acceptors (Lipinski definition) is 4. The summed E-state index contributed by atoms with van der Waals surface area (Å²) in [5.41, 5.74) is 1.61. The van der Waals surface area contributed by atoms with Crippen LogP contribution in [0.1, 0.15) is 27.9 Å². The first kappa shape index (κ1) is 16.3. The molecule has 0 saturated carbocycles. The van der Waals surface area contributed by atoms with Gasteiger partial charge in [-0.15, -0.1) is 11.3 Å². The van der Waals surface area contributed by atoms with Crippen LogP contribution in [0.2, 0.25) is 0 Å². The summed E-state index contributed by atoms with van der Waals surface area (Å²) in [6.45, 7) is 2.56. The predicted octanol–water partition coefficient (Wildman–Crippen LogP) is 3.88. The number of ether oxygens (including phenoxy) is 1. The second kappa shape index (κ2) is 7.31. The molecule has 5 nitrogen and oxygen atoms in total. The summed E-state index contributed by atoms with van der Waals surface area (Å²) in [5.74, 6) is 1.04. The van der Waals surface area contributed by atoms with Gasteiger partial charge in [-0.25, -0.2) is 0 Å². The fourth-order valence-electron chi connectivity index (χ4n) is 2.36. The molecule has 6 heteroatoms. The lowest BCUT2D eigenvalue weighted by molar-refractivity contribution is 0.102. The highest BCUT2D eigenvalue weighted by molar-refractivity contribution is 7.09. The zero-order valence-electron chi connectivity index (χ0n) is 13.7. The monoisotopic (exact) mass is 341 g/mol. The van der Waals surface area contributed by atoms with Crippen LogP contribution < -0.4 is 10.1 Å². The molecule has 2 heterocycles. The van der Waals surface area contributed by atoms with Crippen molar-refractivity contribution in [3.63, 3.8) is 0 Å². The molecule has 0 spiro atoms. The molecule has 0 atom stereocenters. The summed E-state index contributed by atoms with van der Waals surface area (Å²) in [4.78, 5) is 13.5. The van der Waals surface area contributed by atoms with Gasteiger partial charge in [0.05, 0.1) is 0 Å². The molecule has 3 rings (SSSR count). The van der Waals surface area contributed by atoms with Gasteiger partial charge in [-0.3, -0.25) is 9.48 Å². The summed E-state index contributed by atoms with van der Waals surface area (Å²) in [5, 5.41) is 9.13. The number of nitrogens with one attached hydrogen (secondary N) is 1. The Morgan fingerprint density at radius 2 is 2.17 bits per heavy atom. The van der Waals surface area contributed by atoms with E-state index in [9.17, 15) is 4.79 Å². The van der Waals surface area contributed by atoms with E-state index in [4.69, 9.17) is 4.74 Å². The zero-order valence-corrected chi connectivity index (χ0v) is 14.5. The zero-order chi connectivity index (χ0) is 16.9. The third-order valence-corrected chi connectivity index (χ3v) is 4.49. The lowest BCUT2D eigenvalue weighted by atomic mass is 10.2. The molecule has 1 aromatic carbocycles.